The molecule has 0 unspecified atom stereocenters. The van der Waals surface area contributed by atoms with Crippen molar-refractivity contribution in [1.82, 2.24) is 14.9 Å². The zero-order valence-corrected chi connectivity index (χ0v) is 16.2. The van der Waals surface area contributed by atoms with E-state index < -0.39 is 0 Å². The van der Waals surface area contributed by atoms with Gasteiger partial charge < -0.3 is 19.4 Å². The number of aromatic nitrogens is 2. The van der Waals surface area contributed by atoms with Crippen LogP contribution in [0.2, 0.25) is 0 Å². The summed E-state index contributed by atoms with van der Waals surface area (Å²) in [5.74, 6) is 0.915. The lowest BCUT2D eigenvalue weighted by atomic mass is 10.1. The van der Waals surface area contributed by atoms with E-state index in [4.69, 9.17) is 9.47 Å². The average molecular weight is 385 g/mol. The molecule has 0 amide bonds. The number of aromatic amines is 2. The van der Waals surface area contributed by atoms with E-state index in [0.717, 1.165) is 60.7 Å². The summed E-state index contributed by atoms with van der Waals surface area (Å²) in [4.78, 5) is 9.59. The van der Waals surface area contributed by atoms with E-state index in [1.165, 1.54) is 21.5 Å². The van der Waals surface area contributed by atoms with Gasteiger partial charge in [-0.3, -0.25) is 4.90 Å². The summed E-state index contributed by atoms with van der Waals surface area (Å²) >= 11 is 0. The Balaban J connectivity index is 1.50. The Morgan fingerprint density at radius 3 is 2.00 bits per heavy atom. The highest BCUT2D eigenvalue weighted by molar-refractivity contribution is 6.20. The fourth-order valence-electron chi connectivity index (χ4n) is 4.50. The highest BCUT2D eigenvalue weighted by atomic mass is 16.5. The van der Waals surface area contributed by atoms with Crippen LogP contribution in [0.4, 0.5) is 0 Å². The lowest BCUT2D eigenvalue weighted by molar-refractivity contribution is 0.0324. The van der Waals surface area contributed by atoms with E-state index in [9.17, 15) is 0 Å². The molecule has 5 aromatic rings. The van der Waals surface area contributed by atoms with Gasteiger partial charge >= 0.3 is 0 Å². The van der Waals surface area contributed by atoms with Gasteiger partial charge in [0.05, 0.1) is 24.2 Å². The summed E-state index contributed by atoms with van der Waals surface area (Å²) in [7, 11) is 0. The minimum atomic E-state index is 0.652. The summed E-state index contributed by atoms with van der Waals surface area (Å²) in [5, 5.41) is 4.87. The second kappa shape index (κ2) is 6.79. The Kier molecular flexibility index (Phi) is 3.96. The second-order valence-corrected chi connectivity index (χ2v) is 7.69. The minimum absolute atomic E-state index is 0.652. The molecule has 0 saturated carbocycles. The monoisotopic (exact) mass is 385 g/mol. The van der Waals surface area contributed by atoms with Crippen LogP contribution >= 0.6 is 0 Å². The smallest absolute Gasteiger partial charge is 0.167 e. The molecule has 3 aromatic carbocycles. The first-order valence-corrected chi connectivity index (χ1v) is 10.3. The maximum Gasteiger partial charge on any atom is 0.167 e. The van der Waals surface area contributed by atoms with Gasteiger partial charge in [-0.2, -0.15) is 0 Å². The number of hydrogen-bond donors (Lipinski definition) is 2. The zero-order chi connectivity index (χ0) is 19.2. The number of nitrogens with one attached hydrogen (secondary N) is 2. The van der Waals surface area contributed by atoms with Crippen LogP contribution in [-0.4, -0.2) is 54.3 Å². The molecule has 0 spiro atoms. The number of fused-ring (bicyclic) bond motifs is 6. The summed E-state index contributed by atoms with van der Waals surface area (Å²) in [5.41, 5.74) is 4.40. The van der Waals surface area contributed by atoms with Crippen LogP contribution in [0.25, 0.3) is 43.6 Å². The Hall–Kier alpha value is -3.02. The normalized spacial score (nSPS) is 15.7. The maximum atomic E-state index is 6.45. The van der Waals surface area contributed by atoms with E-state index in [2.05, 4.69) is 69.5 Å². The molecular formula is C24H23N3O2. The predicted molar refractivity (Wildman–Crippen MR) is 118 cm³/mol. The molecule has 0 radical (unpaired) electrons. The van der Waals surface area contributed by atoms with Crippen molar-refractivity contribution >= 4 is 43.6 Å². The molecule has 2 N–H and O–H groups in total. The molecule has 29 heavy (non-hydrogen) atoms. The van der Waals surface area contributed by atoms with E-state index in [-0.39, 0.29) is 0 Å². The molecule has 1 aliphatic rings. The van der Waals surface area contributed by atoms with Crippen molar-refractivity contribution in [3.63, 3.8) is 0 Å². The van der Waals surface area contributed by atoms with E-state index in [1.807, 2.05) is 0 Å². The molecule has 5 nitrogen and oxygen atoms in total. The first kappa shape index (κ1) is 16.9. The lowest BCUT2D eigenvalue weighted by Crippen LogP contribution is -2.38. The Morgan fingerprint density at radius 1 is 0.793 bits per heavy atom. The van der Waals surface area contributed by atoms with Gasteiger partial charge in [0.15, 0.2) is 5.75 Å². The van der Waals surface area contributed by atoms with Crippen molar-refractivity contribution in [2.45, 2.75) is 0 Å². The fraction of sp³-hybridized carbons (Fsp3) is 0.250. The van der Waals surface area contributed by atoms with Crippen LogP contribution in [0.1, 0.15) is 0 Å². The van der Waals surface area contributed by atoms with E-state index in [1.54, 1.807) is 0 Å². The van der Waals surface area contributed by atoms with Crippen molar-refractivity contribution in [2.24, 2.45) is 0 Å². The molecule has 6 rings (SSSR count). The number of benzene rings is 3. The minimum Gasteiger partial charge on any atom is -0.488 e. The number of para-hydroxylation sites is 2. The molecule has 1 fully saturated rings. The summed E-state index contributed by atoms with van der Waals surface area (Å²) in [6.45, 7) is 5.12. The molecule has 0 bridgehead atoms. The summed E-state index contributed by atoms with van der Waals surface area (Å²) in [6.07, 6.45) is 0. The van der Waals surface area contributed by atoms with Crippen molar-refractivity contribution < 1.29 is 9.47 Å². The van der Waals surface area contributed by atoms with Gasteiger partial charge in [-0.25, -0.2) is 0 Å². The average Bonchev–Trinajstić information content (AvgIpc) is 3.33. The molecule has 0 atom stereocenters. The van der Waals surface area contributed by atoms with Gasteiger partial charge in [0.1, 0.15) is 6.61 Å². The Bertz CT molecular complexity index is 1240. The maximum absolute atomic E-state index is 6.45. The Morgan fingerprint density at radius 2 is 1.38 bits per heavy atom. The van der Waals surface area contributed by atoms with Gasteiger partial charge in [0.25, 0.3) is 0 Å². The number of hydrogen-bond acceptors (Lipinski definition) is 3. The number of nitrogens with zero attached hydrogens (tertiary/aromatic N) is 1. The van der Waals surface area contributed by atoms with Gasteiger partial charge in [-0.15, -0.1) is 0 Å². The van der Waals surface area contributed by atoms with Gasteiger partial charge in [0, 0.05) is 52.2 Å². The van der Waals surface area contributed by atoms with Crippen LogP contribution in [0.5, 0.6) is 5.75 Å². The number of H-pyrrole nitrogens is 2. The molecule has 0 aliphatic carbocycles. The lowest BCUT2D eigenvalue weighted by Gasteiger charge is -2.26. The fourth-order valence-corrected chi connectivity index (χ4v) is 4.50. The van der Waals surface area contributed by atoms with Crippen molar-refractivity contribution in [3.05, 3.63) is 54.6 Å². The standard InChI is InChI=1S/C24H23N3O2/c1-3-7-20-16(5-1)18-15-19-17-6-2-4-8-21(17)26-23(19)24(22(18)25-20)29-14-11-27-9-12-28-13-10-27/h1-8,15,25-26H,9-14H2. The van der Waals surface area contributed by atoms with Gasteiger partial charge in [-0.1, -0.05) is 36.4 Å². The van der Waals surface area contributed by atoms with Crippen molar-refractivity contribution in [2.75, 3.05) is 39.5 Å². The second-order valence-electron chi connectivity index (χ2n) is 7.69. The first-order chi connectivity index (χ1) is 14.4. The van der Waals surface area contributed by atoms with Crippen LogP contribution in [0.15, 0.2) is 54.6 Å². The highest BCUT2D eigenvalue weighted by Crippen LogP contribution is 2.40. The topological polar surface area (TPSA) is 53.3 Å². The first-order valence-electron chi connectivity index (χ1n) is 10.3. The van der Waals surface area contributed by atoms with E-state index in [0.29, 0.717) is 6.61 Å². The third-order valence-corrected chi connectivity index (χ3v) is 5.99. The number of rotatable bonds is 4. The van der Waals surface area contributed by atoms with Crippen LogP contribution < -0.4 is 4.74 Å². The van der Waals surface area contributed by atoms with Crippen molar-refractivity contribution in [1.29, 1.82) is 0 Å². The molecule has 146 valence electrons. The summed E-state index contributed by atoms with van der Waals surface area (Å²) in [6, 6.07) is 19.2. The third kappa shape index (κ3) is 2.77. The molecular weight excluding hydrogens is 362 g/mol. The Labute approximate surface area is 168 Å². The predicted octanol–water partition coefficient (Wildman–Crippen LogP) is 4.67. The van der Waals surface area contributed by atoms with Crippen LogP contribution in [0.3, 0.4) is 0 Å². The molecule has 1 aliphatic heterocycles. The van der Waals surface area contributed by atoms with E-state index >= 15 is 0 Å². The SMILES string of the molecule is c1ccc2c(c1)[nH]c1c(OCCN3CCOCC3)c3[nH]c4ccccc4c3cc12. The molecule has 2 aromatic heterocycles. The quantitative estimate of drug-likeness (QED) is 0.473. The summed E-state index contributed by atoms with van der Waals surface area (Å²) < 4.78 is 11.9. The van der Waals surface area contributed by atoms with Crippen molar-refractivity contribution in [3.8, 4) is 5.75 Å². The number of ether oxygens (including phenoxy) is 2. The van der Waals surface area contributed by atoms with Gasteiger partial charge in [-0.05, 0) is 18.2 Å². The molecule has 5 heteroatoms. The van der Waals surface area contributed by atoms with Crippen LogP contribution in [0, 0.1) is 0 Å². The molecule has 3 heterocycles. The van der Waals surface area contributed by atoms with Gasteiger partial charge in [0.2, 0.25) is 0 Å². The zero-order valence-electron chi connectivity index (χ0n) is 16.2. The van der Waals surface area contributed by atoms with Crippen LogP contribution in [-0.2, 0) is 4.74 Å². The largest absolute Gasteiger partial charge is 0.488 e. The highest BCUT2D eigenvalue weighted by Gasteiger charge is 2.18. The molecule has 1 saturated heterocycles. The third-order valence-electron chi connectivity index (χ3n) is 5.99. The number of morpholine rings is 1.